The normalized spacial score (nSPS) is 17.8. The highest BCUT2D eigenvalue weighted by molar-refractivity contribution is 5.90. The summed E-state index contributed by atoms with van der Waals surface area (Å²) in [5.74, 6) is 0.0838. The van der Waals surface area contributed by atoms with Gasteiger partial charge in [-0.2, -0.15) is 5.10 Å². The summed E-state index contributed by atoms with van der Waals surface area (Å²) in [5, 5.41) is 9.01. The Morgan fingerprint density at radius 2 is 2.22 bits per heavy atom. The van der Waals surface area contributed by atoms with E-state index in [9.17, 15) is 4.79 Å². The third kappa shape index (κ3) is 3.78. The van der Waals surface area contributed by atoms with Gasteiger partial charge in [0.25, 0.3) is 5.91 Å². The predicted octanol–water partition coefficient (Wildman–Crippen LogP) is -0.828. The Morgan fingerprint density at radius 3 is 2.89 bits per heavy atom. The van der Waals surface area contributed by atoms with E-state index in [-0.39, 0.29) is 11.7 Å². The van der Waals surface area contributed by atoms with Crippen LogP contribution in [-0.2, 0) is 0 Å². The zero-order valence-electron chi connectivity index (χ0n) is 10.7. The van der Waals surface area contributed by atoms with Gasteiger partial charge in [0.05, 0.1) is 0 Å². The van der Waals surface area contributed by atoms with E-state index in [4.69, 9.17) is 0 Å². The molecule has 0 unspecified atom stereocenters. The van der Waals surface area contributed by atoms with Crippen LogP contribution in [0.25, 0.3) is 0 Å². The highest BCUT2D eigenvalue weighted by Crippen LogP contribution is 1.99. The number of carbonyl (C=O) groups excluding carboxylic acids is 1. The standard InChI is InChI=1S/C11H20N6O/c1-16-5-7-17(8-6-16)4-2-3-12-11(18)10-13-9-14-15-10/h9H,2-8H2,1H3,(H,12,18)(H,13,14,15). The number of aromatic amines is 1. The molecule has 7 heteroatoms. The Bertz CT molecular complexity index is 358. The van der Waals surface area contributed by atoms with Gasteiger partial charge >= 0.3 is 0 Å². The third-order valence-electron chi connectivity index (χ3n) is 3.16. The van der Waals surface area contributed by atoms with E-state index >= 15 is 0 Å². The first-order chi connectivity index (χ1) is 8.75. The lowest BCUT2D eigenvalue weighted by molar-refractivity contribution is 0.0939. The third-order valence-corrected chi connectivity index (χ3v) is 3.16. The Kier molecular flexibility index (Phi) is 4.66. The number of hydrogen-bond donors (Lipinski definition) is 2. The Balaban J connectivity index is 1.57. The zero-order valence-corrected chi connectivity index (χ0v) is 10.7. The molecule has 0 atom stereocenters. The van der Waals surface area contributed by atoms with Gasteiger partial charge in [0, 0.05) is 32.7 Å². The lowest BCUT2D eigenvalue weighted by Crippen LogP contribution is -2.45. The molecular weight excluding hydrogens is 232 g/mol. The van der Waals surface area contributed by atoms with E-state index in [1.807, 2.05) is 0 Å². The molecule has 0 aliphatic carbocycles. The second-order valence-corrected chi connectivity index (χ2v) is 4.59. The number of nitrogens with zero attached hydrogens (tertiary/aromatic N) is 4. The quantitative estimate of drug-likeness (QED) is 0.669. The van der Waals surface area contributed by atoms with Crippen molar-refractivity contribution in [1.82, 2.24) is 30.3 Å². The zero-order chi connectivity index (χ0) is 12.8. The van der Waals surface area contributed by atoms with Crippen LogP contribution in [0.15, 0.2) is 6.33 Å². The summed E-state index contributed by atoms with van der Waals surface area (Å²) in [7, 11) is 2.15. The molecule has 0 spiro atoms. The van der Waals surface area contributed by atoms with Crippen molar-refractivity contribution in [2.45, 2.75) is 6.42 Å². The van der Waals surface area contributed by atoms with Crippen LogP contribution in [0, 0.1) is 0 Å². The molecule has 0 bridgehead atoms. The van der Waals surface area contributed by atoms with Crippen molar-refractivity contribution in [3.05, 3.63) is 12.2 Å². The highest BCUT2D eigenvalue weighted by atomic mass is 16.2. The maximum atomic E-state index is 11.5. The lowest BCUT2D eigenvalue weighted by atomic mass is 10.3. The van der Waals surface area contributed by atoms with Crippen LogP contribution in [0.5, 0.6) is 0 Å². The van der Waals surface area contributed by atoms with E-state index in [0.717, 1.165) is 39.1 Å². The maximum Gasteiger partial charge on any atom is 0.288 e. The number of piperazine rings is 1. The summed E-state index contributed by atoms with van der Waals surface area (Å²) in [6.07, 6.45) is 2.29. The highest BCUT2D eigenvalue weighted by Gasteiger charge is 2.13. The number of H-pyrrole nitrogens is 1. The van der Waals surface area contributed by atoms with Gasteiger partial charge in [-0.1, -0.05) is 0 Å². The molecule has 0 aromatic carbocycles. The van der Waals surface area contributed by atoms with Crippen molar-refractivity contribution in [2.24, 2.45) is 0 Å². The van der Waals surface area contributed by atoms with E-state index in [1.54, 1.807) is 0 Å². The van der Waals surface area contributed by atoms with Gasteiger partial charge in [-0.15, -0.1) is 0 Å². The number of aromatic nitrogens is 3. The molecule has 1 aliphatic rings. The van der Waals surface area contributed by atoms with Crippen molar-refractivity contribution < 1.29 is 4.79 Å². The first kappa shape index (κ1) is 13.0. The van der Waals surface area contributed by atoms with Gasteiger partial charge in [-0.25, -0.2) is 4.98 Å². The summed E-state index contributed by atoms with van der Waals surface area (Å²) in [6.45, 7) is 6.20. The maximum absolute atomic E-state index is 11.5. The molecule has 7 nitrogen and oxygen atoms in total. The van der Waals surface area contributed by atoms with E-state index in [0.29, 0.717) is 6.54 Å². The van der Waals surface area contributed by atoms with Crippen molar-refractivity contribution >= 4 is 5.91 Å². The molecule has 18 heavy (non-hydrogen) atoms. The lowest BCUT2D eigenvalue weighted by Gasteiger charge is -2.32. The number of amides is 1. The second-order valence-electron chi connectivity index (χ2n) is 4.59. The fraction of sp³-hybridized carbons (Fsp3) is 0.727. The van der Waals surface area contributed by atoms with E-state index in [2.05, 4.69) is 37.3 Å². The fourth-order valence-corrected chi connectivity index (χ4v) is 1.97. The minimum Gasteiger partial charge on any atom is -0.349 e. The molecule has 0 saturated carbocycles. The summed E-state index contributed by atoms with van der Waals surface area (Å²) in [4.78, 5) is 20.1. The predicted molar refractivity (Wildman–Crippen MR) is 67.3 cm³/mol. The number of rotatable bonds is 5. The average molecular weight is 252 g/mol. The molecule has 2 N–H and O–H groups in total. The number of hydrogen-bond acceptors (Lipinski definition) is 5. The molecule has 2 heterocycles. The molecule has 1 aromatic rings. The minimum absolute atomic E-state index is 0.189. The largest absolute Gasteiger partial charge is 0.349 e. The van der Waals surface area contributed by atoms with Gasteiger partial charge < -0.3 is 15.1 Å². The molecular formula is C11H20N6O. The topological polar surface area (TPSA) is 77.2 Å². The molecule has 2 rings (SSSR count). The van der Waals surface area contributed by atoms with Gasteiger partial charge in [-0.05, 0) is 20.0 Å². The van der Waals surface area contributed by atoms with Crippen LogP contribution >= 0.6 is 0 Å². The number of nitrogens with one attached hydrogen (secondary N) is 2. The molecule has 100 valence electrons. The van der Waals surface area contributed by atoms with E-state index < -0.39 is 0 Å². The van der Waals surface area contributed by atoms with Gasteiger partial charge in [0.15, 0.2) is 0 Å². The molecule has 1 fully saturated rings. The Labute approximate surface area is 107 Å². The van der Waals surface area contributed by atoms with Crippen LogP contribution in [0.3, 0.4) is 0 Å². The van der Waals surface area contributed by atoms with Gasteiger partial charge in [0.1, 0.15) is 6.33 Å². The first-order valence-corrected chi connectivity index (χ1v) is 6.30. The minimum atomic E-state index is -0.189. The van der Waals surface area contributed by atoms with Gasteiger partial charge in [0.2, 0.25) is 5.82 Å². The summed E-state index contributed by atoms with van der Waals surface area (Å²) in [5.41, 5.74) is 0. The van der Waals surface area contributed by atoms with Crippen molar-refractivity contribution in [3.8, 4) is 0 Å². The van der Waals surface area contributed by atoms with Crippen LogP contribution in [0.1, 0.15) is 17.0 Å². The summed E-state index contributed by atoms with van der Waals surface area (Å²) in [6, 6.07) is 0. The monoisotopic (exact) mass is 252 g/mol. The Morgan fingerprint density at radius 1 is 1.44 bits per heavy atom. The van der Waals surface area contributed by atoms with E-state index in [1.165, 1.54) is 6.33 Å². The van der Waals surface area contributed by atoms with Crippen molar-refractivity contribution in [1.29, 1.82) is 0 Å². The molecule has 1 amide bonds. The first-order valence-electron chi connectivity index (χ1n) is 6.30. The number of likely N-dealkylation sites (N-methyl/N-ethyl adjacent to an activating group) is 1. The smallest absolute Gasteiger partial charge is 0.288 e. The molecule has 1 saturated heterocycles. The van der Waals surface area contributed by atoms with Crippen LogP contribution in [0.2, 0.25) is 0 Å². The number of carbonyl (C=O) groups is 1. The van der Waals surface area contributed by atoms with Crippen molar-refractivity contribution in [2.75, 3.05) is 46.3 Å². The second kappa shape index (κ2) is 6.46. The van der Waals surface area contributed by atoms with Crippen LogP contribution in [0.4, 0.5) is 0 Å². The van der Waals surface area contributed by atoms with Crippen LogP contribution < -0.4 is 5.32 Å². The van der Waals surface area contributed by atoms with Gasteiger partial charge in [-0.3, -0.25) is 9.89 Å². The summed E-state index contributed by atoms with van der Waals surface area (Å²) >= 11 is 0. The molecule has 1 aromatic heterocycles. The SMILES string of the molecule is CN1CCN(CCCNC(=O)c2ncn[nH]2)CC1. The Hall–Kier alpha value is -1.47. The molecule has 1 aliphatic heterocycles. The summed E-state index contributed by atoms with van der Waals surface area (Å²) < 4.78 is 0. The fourth-order valence-electron chi connectivity index (χ4n) is 1.97. The van der Waals surface area contributed by atoms with Crippen molar-refractivity contribution in [3.63, 3.8) is 0 Å². The molecule has 0 radical (unpaired) electrons. The average Bonchev–Trinajstić information content (AvgIpc) is 2.90. The van der Waals surface area contributed by atoms with Crippen LogP contribution in [-0.4, -0.2) is 77.2 Å².